The lowest BCUT2D eigenvalue weighted by atomic mass is 10.1. The maximum Gasteiger partial charge on any atom is 0.244 e. The van der Waals surface area contributed by atoms with Crippen LogP contribution in [-0.2, 0) is 32.8 Å². The van der Waals surface area contributed by atoms with Crippen LogP contribution in [-0.4, -0.2) is 50.5 Å². The maximum atomic E-state index is 13.8. The van der Waals surface area contributed by atoms with Gasteiger partial charge in [-0.05, 0) is 47.7 Å². The van der Waals surface area contributed by atoms with Gasteiger partial charge in [0.05, 0.1) is 11.9 Å². The van der Waals surface area contributed by atoms with Gasteiger partial charge < -0.3 is 15.0 Å². The number of sulfonamides is 1. The van der Waals surface area contributed by atoms with Crippen LogP contribution in [0.4, 0.5) is 5.69 Å². The highest BCUT2D eigenvalue weighted by Crippen LogP contribution is 2.23. The highest BCUT2D eigenvalue weighted by molar-refractivity contribution is 7.92. The standard InChI is InChI=1S/C31H39N3O5S/c1-5-29(31(36)32-20-24(2)3)33(21-25-12-8-6-9-13-25)30(35)22-34(40(4,37)38)27-16-18-28(19-17-27)39-23-26-14-10-7-11-15-26/h6-19,24,29H,5,20-23H2,1-4H3,(H,32,36). The van der Waals surface area contributed by atoms with E-state index in [1.807, 2.05) is 81.4 Å². The normalized spacial score (nSPS) is 12.0. The van der Waals surface area contributed by atoms with Crippen molar-refractivity contribution in [1.29, 1.82) is 0 Å². The number of benzene rings is 3. The minimum Gasteiger partial charge on any atom is -0.489 e. The summed E-state index contributed by atoms with van der Waals surface area (Å²) in [5.41, 5.74) is 2.19. The van der Waals surface area contributed by atoms with Crippen molar-refractivity contribution in [3.63, 3.8) is 0 Å². The van der Waals surface area contributed by atoms with Crippen molar-refractivity contribution >= 4 is 27.5 Å². The second-order valence-electron chi connectivity index (χ2n) is 10.1. The minimum absolute atomic E-state index is 0.178. The highest BCUT2D eigenvalue weighted by Gasteiger charge is 2.31. The lowest BCUT2D eigenvalue weighted by Gasteiger charge is -2.33. The Balaban J connectivity index is 1.82. The molecule has 3 aromatic carbocycles. The first-order chi connectivity index (χ1) is 19.1. The van der Waals surface area contributed by atoms with Crippen LogP contribution < -0.4 is 14.4 Å². The quantitative estimate of drug-likeness (QED) is 0.308. The molecule has 0 radical (unpaired) electrons. The lowest BCUT2D eigenvalue weighted by Crippen LogP contribution is -2.52. The van der Waals surface area contributed by atoms with E-state index in [0.717, 1.165) is 21.7 Å². The number of rotatable bonds is 14. The number of carbonyl (C=O) groups is 2. The zero-order chi connectivity index (χ0) is 29.1. The van der Waals surface area contributed by atoms with Gasteiger partial charge in [-0.1, -0.05) is 81.4 Å². The molecule has 3 aromatic rings. The molecule has 0 aliphatic rings. The Morgan fingerprint density at radius 1 is 0.875 bits per heavy atom. The number of ether oxygens (including phenoxy) is 1. The number of hydrogen-bond donors (Lipinski definition) is 1. The molecule has 1 atom stereocenters. The van der Waals surface area contributed by atoms with Gasteiger partial charge in [0, 0.05) is 13.1 Å². The van der Waals surface area contributed by atoms with Gasteiger partial charge in [-0.2, -0.15) is 0 Å². The van der Waals surface area contributed by atoms with Crippen molar-refractivity contribution in [3.8, 4) is 5.75 Å². The molecule has 0 heterocycles. The molecular formula is C31H39N3O5S. The molecule has 0 bridgehead atoms. The number of hydrogen-bond acceptors (Lipinski definition) is 5. The van der Waals surface area contributed by atoms with Crippen LogP contribution in [0, 0.1) is 5.92 Å². The Morgan fingerprint density at radius 2 is 1.45 bits per heavy atom. The molecule has 0 spiro atoms. The molecule has 0 saturated carbocycles. The molecule has 0 aliphatic carbocycles. The number of nitrogens with zero attached hydrogens (tertiary/aromatic N) is 2. The molecule has 9 heteroatoms. The van der Waals surface area contributed by atoms with Crippen LogP contribution in [0.25, 0.3) is 0 Å². The first kappa shape index (κ1) is 30.7. The van der Waals surface area contributed by atoms with Gasteiger partial charge in [0.15, 0.2) is 0 Å². The zero-order valence-electron chi connectivity index (χ0n) is 23.6. The van der Waals surface area contributed by atoms with Crippen LogP contribution >= 0.6 is 0 Å². The average molecular weight is 566 g/mol. The molecule has 3 rings (SSSR count). The molecule has 1 unspecified atom stereocenters. The predicted octanol–water partition coefficient (Wildman–Crippen LogP) is 4.61. The smallest absolute Gasteiger partial charge is 0.244 e. The number of amides is 2. The maximum absolute atomic E-state index is 13.8. The van der Waals surface area contributed by atoms with Crippen molar-refractivity contribution in [2.24, 2.45) is 5.92 Å². The fourth-order valence-electron chi connectivity index (χ4n) is 4.19. The first-order valence-corrected chi connectivity index (χ1v) is 15.3. The molecule has 8 nitrogen and oxygen atoms in total. The van der Waals surface area contributed by atoms with Crippen LogP contribution in [0.3, 0.4) is 0 Å². The van der Waals surface area contributed by atoms with E-state index in [1.54, 1.807) is 24.3 Å². The zero-order valence-corrected chi connectivity index (χ0v) is 24.4. The third kappa shape index (κ3) is 9.12. The van der Waals surface area contributed by atoms with Gasteiger partial charge in [0.25, 0.3) is 0 Å². The molecule has 0 saturated heterocycles. The summed E-state index contributed by atoms with van der Waals surface area (Å²) >= 11 is 0. The summed E-state index contributed by atoms with van der Waals surface area (Å²) in [6.45, 7) is 6.43. The van der Waals surface area contributed by atoms with Crippen LogP contribution in [0.2, 0.25) is 0 Å². The number of nitrogens with one attached hydrogen (secondary N) is 1. The fourth-order valence-corrected chi connectivity index (χ4v) is 5.03. The Kier molecular flexibility index (Phi) is 11.1. The van der Waals surface area contributed by atoms with Gasteiger partial charge in [0.2, 0.25) is 21.8 Å². The minimum atomic E-state index is -3.82. The molecule has 0 aromatic heterocycles. The monoisotopic (exact) mass is 565 g/mol. The van der Waals surface area contributed by atoms with E-state index in [2.05, 4.69) is 5.32 Å². The molecule has 0 fully saturated rings. The summed E-state index contributed by atoms with van der Waals surface area (Å²) in [5.74, 6) is 0.0996. The average Bonchev–Trinajstić information content (AvgIpc) is 2.94. The molecule has 0 aliphatic heterocycles. The molecular weight excluding hydrogens is 526 g/mol. The van der Waals surface area contributed by atoms with Gasteiger partial charge in [-0.3, -0.25) is 13.9 Å². The van der Waals surface area contributed by atoms with Crippen molar-refractivity contribution in [2.75, 3.05) is 23.7 Å². The Bertz CT molecular complexity index is 1330. The van der Waals surface area contributed by atoms with Crippen molar-refractivity contribution in [1.82, 2.24) is 10.2 Å². The van der Waals surface area contributed by atoms with Crippen molar-refractivity contribution in [2.45, 2.75) is 46.4 Å². The van der Waals surface area contributed by atoms with E-state index >= 15 is 0 Å². The number of carbonyl (C=O) groups excluding carboxylic acids is 2. The summed E-state index contributed by atoms with van der Waals surface area (Å²) in [7, 11) is -3.82. The largest absolute Gasteiger partial charge is 0.489 e. The fraction of sp³-hybridized carbons (Fsp3) is 0.355. The summed E-state index contributed by atoms with van der Waals surface area (Å²) in [6, 6.07) is 24.9. The Hall–Kier alpha value is -3.85. The van der Waals surface area contributed by atoms with E-state index < -0.39 is 28.5 Å². The molecule has 1 N–H and O–H groups in total. The molecule has 40 heavy (non-hydrogen) atoms. The predicted molar refractivity (Wildman–Crippen MR) is 158 cm³/mol. The SMILES string of the molecule is CCC(C(=O)NCC(C)C)N(Cc1ccccc1)C(=O)CN(c1ccc(OCc2ccccc2)cc1)S(C)(=O)=O. The topological polar surface area (TPSA) is 96.0 Å². The van der Waals surface area contributed by atoms with E-state index in [0.29, 0.717) is 31.0 Å². The first-order valence-electron chi connectivity index (χ1n) is 13.4. The van der Waals surface area contributed by atoms with Crippen LogP contribution in [0.5, 0.6) is 5.75 Å². The van der Waals surface area contributed by atoms with Crippen LogP contribution in [0.1, 0.15) is 38.3 Å². The molecule has 2 amide bonds. The Morgan fingerprint density at radius 3 is 1.98 bits per heavy atom. The summed E-state index contributed by atoms with van der Waals surface area (Å²) in [4.78, 5) is 28.4. The van der Waals surface area contributed by atoms with Gasteiger partial charge in [0.1, 0.15) is 24.9 Å². The van der Waals surface area contributed by atoms with Gasteiger partial charge in [-0.15, -0.1) is 0 Å². The second-order valence-corrected chi connectivity index (χ2v) is 12.0. The van der Waals surface area contributed by atoms with Gasteiger partial charge in [-0.25, -0.2) is 8.42 Å². The second kappa shape index (κ2) is 14.5. The number of anilines is 1. The Labute approximate surface area is 238 Å². The van der Waals surface area contributed by atoms with E-state index in [9.17, 15) is 18.0 Å². The van der Waals surface area contributed by atoms with Crippen molar-refractivity contribution in [3.05, 3.63) is 96.1 Å². The van der Waals surface area contributed by atoms with Crippen LogP contribution in [0.15, 0.2) is 84.9 Å². The summed E-state index contributed by atoms with van der Waals surface area (Å²) in [6.07, 6.45) is 1.45. The molecule has 214 valence electrons. The van der Waals surface area contributed by atoms with E-state index in [-0.39, 0.29) is 18.4 Å². The van der Waals surface area contributed by atoms with E-state index in [4.69, 9.17) is 4.74 Å². The van der Waals surface area contributed by atoms with E-state index in [1.165, 1.54) is 4.90 Å². The van der Waals surface area contributed by atoms with Gasteiger partial charge >= 0.3 is 0 Å². The highest BCUT2D eigenvalue weighted by atomic mass is 32.2. The van der Waals surface area contributed by atoms with Crippen molar-refractivity contribution < 1.29 is 22.7 Å². The summed E-state index contributed by atoms with van der Waals surface area (Å²) in [5, 5.41) is 2.92. The summed E-state index contributed by atoms with van der Waals surface area (Å²) < 4.78 is 32.6. The third-order valence-electron chi connectivity index (χ3n) is 6.32. The third-order valence-corrected chi connectivity index (χ3v) is 7.46. The lowest BCUT2D eigenvalue weighted by molar-refractivity contribution is -0.140.